The Kier molecular flexibility index (Phi) is 9.53. The van der Waals surface area contributed by atoms with Gasteiger partial charge in [0, 0.05) is 20.1 Å². The van der Waals surface area contributed by atoms with E-state index in [9.17, 15) is 14.7 Å². The molecule has 2 N–H and O–H groups in total. The number of carbonyl (C=O) groups is 2. The van der Waals surface area contributed by atoms with E-state index in [4.69, 9.17) is 4.43 Å². The number of carboxylic acids is 1. The van der Waals surface area contributed by atoms with Crippen LogP contribution in [0.4, 0.5) is 0 Å². The first-order valence-electron chi connectivity index (χ1n) is 13.3. The maximum Gasteiger partial charge on any atom is 0.306 e. The smallest absolute Gasteiger partial charge is 0.306 e. The van der Waals surface area contributed by atoms with Crippen LogP contribution in [0.25, 0.3) is 0 Å². The maximum atomic E-state index is 11.9. The fourth-order valence-electron chi connectivity index (χ4n) is 5.88. The highest BCUT2D eigenvalue weighted by molar-refractivity contribution is 6.99. The van der Waals surface area contributed by atoms with Crippen LogP contribution in [0.1, 0.15) is 60.3 Å². The van der Waals surface area contributed by atoms with Gasteiger partial charge in [-0.3, -0.25) is 9.59 Å². The summed E-state index contributed by atoms with van der Waals surface area (Å²) in [6, 6.07) is 21.2. The highest BCUT2D eigenvalue weighted by Crippen LogP contribution is 2.42. The Hall–Kier alpha value is -2.44. The van der Waals surface area contributed by atoms with Crippen LogP contribution in [-0.2, 0) is 14.0 Å². The van der Waals surface area contributed by atoms with Crippen LogP contribution in [0, 0.1) is 23.7 Å². The summed E-state index contributed by atoms with van der Waals surface area (Å²) in [7, 11) is -2.66. The minimum absolute atomic E-state index is 0.00904. The van der Waals surface area contributed by atoms with Crippen molar-refractivity contribution in [2.45, 2.75) is 65.3 Å². The van der Waals surface area contributed by atoms with Crippen LogP contribution >= 0.6 is 0 Å². The first-order chi connectivity index (χ1) is 17.0. The highest BCUT2D eigenvalue weighted by atomic mass is 28.4. The number of carboxylic acid groups (broad SMARTS) is 1. The molecule has 1 aliphatic carbocycles. The van der Waals surface area contributed by atoms with Gasteiger partial charge in [-0.1, -0.05) is 88.4 Å². The first kappa shape index (κ1) is 28.1. The zero-order chi connectivity index (χ0) is 26.3. The Morgan fingerprint density at radius 1 is 1.00 bits per heavy atom. The summed E-state index contributed by atoms with van der Waals surface area (Å²) in [6.07, 6.45) is 3.29. The number of aliphatic carboxylic acids is 1. The first-order valence-corrected chi connectivity index (χ1v) is 15.2. The molecular formula is C30H43NO4Si. The van der Waals surface area contributed by atoms with E-state index < -0.39 is 14.3 Å². The van der Waals surface area contributed by atoms with Crippen LogP contribution in [0.2, 0.25) is 5.04 Å². The third kappa shape index (κ3) is 6.65. The van der Waals surface area contributed by atoms with Gasteiger partial charge in [-0.2, -0.15) is 0 Å². The maximum absolute atomic E-state index is 11.9. The second-order valence-electron chi connectivity index (χ2n) is 11.6. The molecular weight excluding hydrogens is 466 g/mol. The predicted octanol–water partition coefficient (Wildman–Crippen LogP) is 4.84. The summed E-state index contributed by atoms with van der Waals surface area (Å²) in [6.45, 7) is 11.7. The van der Waals surface area contributed by atoms with Crippen molar-refractivity contribution in [3.8, 4) is 0 Å². The van der Waals surface area contributed by atoms with Crippen molar-refractivity contribution in [1.82, 2.24) is 5.32 Å². The molecule has 0 spiro atoms. The minimum atomic E-state index is -2.66. The Balaban J connectivity index is 1.86. The van der Waals surface area contributed by atoms with Crippen LogP contribution in [0.5, 0.6) is 0 Å². The summed E-state index contributed by atoms with van der Waals surface area (Å²) in [5.41, 5.74) is 0. The highest BCUT2D eigenvalue weighted by Gasteiger charge is 2.51. The molecule has 1 fully saturated rings. The largest absolute Gasteiger partial charge is 0.481 e. The van der Waals surface area contributed by atoms with Gasteiger partial charge in [-0.05, 0) is 58.8 Å². The number of nitrogens with one attached hydrogen (secondary N) is 1. The summed E-state index contributed by atoms with van der Waals surface area (Å²) >= 11 is 0. The molecule has 1 aliphatic rings. The monoisotopic (exact) mass is 509 g/mol. The molecule has 2 aromatic rings. The van der Waals surface area contributed by atoms with E-state index in [1.807, 2.05) is 12.1 Å². The zero-order valence-corrected chi connectivity index (χ0v) is 23.5. The molecule has 36 heavy (non-hydrogen) atoms. The van der Waals surface area contributed by atoms with Gasteiger partial charge >= 0.3 is 5.97 Å². The van der Waals surface area contributed by atoms with Crippen molar-refractivity contribution in [1.29, 1.82) is 0 Å². The molecule has 2 aromatic carbocycles. The number of amides is 1. The lowest BCUT2D eigenvalue weighted by Gasteiger charge is -2.44. The van der Waals surface area contributed by atoms with Crippen LogP contribution in [0.15, 0.2) is 60.7 Å². The molecule has 1 amide bonds. The minimum Gasteiger partial charge on any atom is -0.481 e. The van der Waals surface area contributed by atoms with Gasteiger partial charge in [0.25, 0.3) is 8.32 Å². The van der Waals surface area contributed by atoms with E-state index >= 15 is 0 Å². The summed E-state index contributed by atoms with van der Waals surface area (Å²) in [4.78, 5) is 23.2. The van der Waals surface area contributed by atoms with Gasteiger partial charge in [0.1, 0.15) is 0 Å². The van der Waals surface area contributed by atoms with Crippen molar-refractivity contribution in [3.63, 3.8) is 0 Å². The lowest BCUT2D eigenvalue weighted by molar-refractivity contribution is -0.141. The Morgan fingerprint density at radius 2 is 1.53 bits per heavy atom. The molecule has 3 rings (SSSR count). The second kappa shape index (κ2) is 12.2. The molecule has 196 valence electrons. The summed E-state index contributed by atoms with van der Waals surface area (Å²) < 4.78 is 7.18. The molecule has 0 aliphatic heterocycles. The third-order valence-electron chi connectivity index (χ3n) is 7.85. The van der Waals surface area contributed by atoms with E-state index in [1.165, 1.54) is 10.4 Å². The molecule has 1 saturated carbocycles. The number of rotatable bonds is 11. The van der Waals surface area contributed by atoms with E-state index in [1.54, 1.807) is 6.92 Å². The van der Waals surface area contributed by atoms with Crippen molar-refractivity contribution in [3.05, 3.63) is 60.7 Å². The average molecular weight is 510 g/mol. The molecule has 4 atom stereocenters. The van der Waals surface area contributed by atoms with Crippen molar-refractivity contribution >= 4 is 30.6 Å². The second-order valence-corrected chi connectivity index (χ2v) is 15.9. The fraction of sp³-hybridized carbons (Fsp3) is 0.533. The van der Waals surface area contributed by atoms with Crippen LogP contribution in [0.3, 0.4) is 0 Å². The predicted molar refractivity (Wildman–Crippen MR) is 148 cm³/mol. The van der Waals surface area contributed by atoms with Crippen molar-refractivity contribution in [2.24, 2.45) is 23.7 Å². The quantitative estimate of drug-likeness (QED) is 0.425. The molecule has 0 bridgehead atoms. The van der Waals surface area contributed by atoms with E-state index in [0.29, 0.717) is 37.8 Å². The molecule has 6 heteroatoms. The molecule has 0 heterocycles. The van der Waals surface area contributed by atoms with Gasteiger partial charge in [0.15, 0.2) is 0 Å². The van der Waals surface area contributed by atoms with Crippen molar-refractivity contribution < 1.29 is 19.1 Å². The van der Waals surface area contributed by atoms with Gasteiger partial charge in [-0.25, -0.2) is 0 Å². The Labute approximate surface area is 217 Å². The van der Waals surface area contributed by atoms with Gasteiger partial charge < -0.3 is 14.8 Å². The lowest BCUT2D eigenvalue weighted by Crippen LogP contribution is -2.67. The normalized spacial score (nSPS) is 21.2. The topological polar surface area (TPSA) is 75.6 Å². The third-order valence-corrected chi connectivity index (χ3v) is 12.9. The van der Waals surface area contributed by atoms with E-state index in [-0.39, 0.29) is 22.8 Å². The van der Waals surface area contributed by atoms with Crippen LogP contribution < -0.4 is 15.7 Å². The summed E-state index contributed by atoms with van der Waals surface area (Å²) in [5.74, 6) is -0.140. The Morgan fingerprint density at radius 3 is 2.00 bits per heavy atom. The van der Waals surface area contributed by atoms with Gasteiger partial charge in [-0.15, -0.1) is 0 Å². The van der Waals surface area contributed by atoms with Crippen LogP contribution in [-0.4, -0.2) is 38.5 Å². The number of hydrogen-bond acceptors (Lipinski definition) is 3. The molecule has 0 radical (unpaired) electrons. The average Bonchev–Trinajstić information content (AvgIpc) is 3.26. The lowest BCUT2D eigenvalue weighted by atomic mass is 9.89. The van der Waals surface area contributed by atoms with Crippen molar-refractivity contribution in [2.75, 3.05) is 13.2 Å². The van der Waals surface area contributed by atoms with Gasteiger partial charge in [0.05, 0.1) is 5.92 Å². The fourth-order valence-corrected chi connectivity index (χ4v) is 10.5. The summed E-state index contributed by atoms with van der Waals surface area (Å²) in [5, 5.41) is 15.1. The molecule has 4 unspecified atom stereocenters. The number of hydrogen-bond donors (Lipinski definition) is 2. The number of carbonyl (C=O) groups excluding carboxylic acids is 1. The molecule has 0 saturated heterocycles. The van der Waals surface area contributed by atoms with E-state index in [2.05, 4.69) is 81.5 Å². The molecule has 5 nitrogen and oxygen atoms in total. The zero-order valence-electron chi connectivity index (χ0n) is 22.5. The SMILES string of the molecule is CC(=O)NCC(C)CCC1CC(C(=O)O)CC1CO[Si](c1ccccc1)(c1ccccc1)C(C)(C)C. The van der Waals surface area contributed by atoms with Gasteiger partial charge in [0.2, 0.25) is 5.91 Å². The standard InChI is InChI=1S/C30H43NO4Si/c1-22(20-31-23(2)32)16-17-24-18-25(29(33)34)19-26(24)21-35-36(30(3,4)5,27-12-8-6-9-13-27)28-14-10-7-11-15-28/h6-15,22,24-26H,16-21H2,1-5H3,(H,31,32)(H,33,34). The van der Waals surface area contributed by atoms with E-state index in [0.717, 1.165) is 12.8 Å². The number of benzene rings is 2. The Bertz CT molecular complexity index is 950. The molecule has 0 aromatic heterocycles.